The van der Waals surface area contributed by atoms with Crippen LogP contribution in [0.15, 0.2) is 48.5 Å². The first-order valence-corrected chi connectivity index (χ1v) is 9.45. The van der Waals surface area contributed by atoms with Crippen molar-refractivity contribution in [3.63, 3.8) is 0 Å². The Morgan fingerprint density at radius 3 is 2.65 bits per heavy atom. The summed E-state index contributed by atoms with van der Waals surface area (Å²) in [5.74, 6) is 1.12. The average Bonchev–Trinajstić information content (AvgIpc) is 2.97. The minimum atomic E-state index is 0.0338. The Morgan fingerprint density at radius 1 is 1.08 bits per heavy atom. The Bertz CT molecular complexity index is 888. The molecule has 0 aliphatic carbocycles. The van der Waals surface area contributed by atoms with Gasteiger partial charge in [-0.3, -0.25) is 4.79 Å². The number of imidazole rings is 1. The van der Waals surface area contributed by atoms with Crippen molar-refractivity contribution in [2.75, 3.05) is 6.54 Å². The van der Waals surface area contributed by atoms with Gasteiger partial charge in [0, 0.05) is 24.9 Å². The quantitative estimate of drug-likeness (QED) is 0.590. The maximum Gasteiger partial charge on any atom is 0.216 e. The predicted molar refractivity (Wildman–Crippen MR) is 107 cm³/mol. The van der Waals surface area contributed by atoms with Crippen molar-refractivity contribution >= 4 is 28.5 Å². The van der Waals surface area contributed by atoms with E-state index in [9.17, 15) is 4.79 Å². The summed E-state index contributed by atoms with van der Waals surface area (Å²) in [6, 6.07) is 16.2. The van der Waals surface area contributed by atoms with Crippen molar-refractivity contribution < 1.29 is 4.79 Å². The van der Waals surface area contributed by atoms with E-state index in [1.165, 1.54) is 0 Å². The lowest BCUT2D eigenvalue weighted by Crippen LogP contribution is -2.20. The van der Waals surface area contributed by atoms with Crippen molar-refractivity contribution in [2.45, 2.75) is 39.2 Å². The third-order valence-corrected chi connectivity index (χ3v) is 4.84. The zero-order chi connectivity index (χ0) is 18.4. The molecule has 0 spiro atoms. The van der Waals surface area contributed by atoms with Gasteiger partial charge in [0.25, 0.3) is 0 Å². The number of aryl methyl sites for hydroxylation is 1. The Balaban J connectivity index is 1.73. The predicted octanol–water partition coefficient (Wildman–Crippen LogP) is 4.59. The van der Waals surface area contributed by atoms with Gasteiger partial charge in [-0.2, -0.15) is 0 Å². The van der Waals surface area contributed by atoms with Crippen LogP contribution in [-0.2, 0) is 17.8 Å². The molecule has 136 valence electrons. The number of unbranched alkanes of at least 4 members (excludes halogenated alkanes) is 2. The first-order chi connectivity index (χ1) is 12.6. The van der Waals surface area contributed by atoms with Crippen molar-refractivity contribution in [2.24, 2.45) is 0 Å². The van der Waals surface area contributed by atoms with Gasteiger partial charge in [-0.1, -0.05) is 48.4 Å². The van der Waals surface area contributed by atoms with E-state index in [0.717, 1.165) is 66.2 Å². The van der Waals surface area contributed by atoms with Gasteiger partial charge in [-0.25, -0.2) is 4.98 Å². The molecular formula is C21H24ClN3O. The summed E-state index contributed by atoms with van der Waals surface area (Å²) in [5, 5.41) is 3.63. The van der Waals surface area contributed by atoms with Gasteiger partial charge >= 0.3 is 0 Å². The van der Waals surface area contributed by atoms with Gasteiger partial charge < -0.3 is 9.88 Å². The zero-order valence-electron chi connectivity index (χ0n) is 15.0. The van der Waals surface area contributed by atoms with Gasteiger partial charge in [-0.15, -0.1) is 0 Å². The summed E-state index contributed by atoms with van der Waals surface area (Å²) < 4.78 is 2.27. The topological polar surface area (TPSA) is 46.9 Å². The lowest BCUT2D eigenvalue weighted by molar-refractivity contribution is -0.118. The van der Waals surface area contributed by atoms with Crippen LogP contribution in [0.1, 0.15) is 37.6 Å². The molecule has 5 heteroatoms. The van der Waals surface area contributed by atoms with Gasteiger partial charge in [0.15, 0.2) is 0 Å². The molecule has 1 amide bonds. The largest absolute Gasteiger partial charge is 0.356 e. The summed E-state index contributed by atoms with van der Waals surface area (Å²) in [6.07, 6.45) is 4.02. The molecule has 0 atom stereocenters. The Kier molecular flexibility index (Phi) is 6.29. The van der Waals surface area contributed by atoms with E-state index in [1.54, 1.807) is 6.92 Å². The average molecular weight is 370 g/mol. The van der Waals surface area contributed by atoms with Crippen LogP contribution in [0.5, 0.6) is 0 Å². The standard InChI is InChI=1S/C21H24ClN3O/c1-16(26)23-14-8-2-3-13-21-24-19-11-6-7-12-20(19)25(21)15-17-9-4-5-10-18(17)22/h4-7,9-12H,2-3,8,13-15H2,1H3,(H,23,26). The molecule has 3 rings (SSSR count). The van der Waals surface area contributed by atoms with Crippen molar-refractivity contribution in [3.05, 3.63) is 64.9 Å². The first-order valence-electron chi connectivity index (χ1n) is 9.07. The Labute approximate surface area is 159 Å². The normalized spacial score (nSPS) is 11.0. The highest BCUT2D eigenvalue weighted by molar-refractivity contribution is 6.31. The van der Waals surface area contributed by atoms with Crippen LogP contribution in [0.3, 0.4) is 0 Å². The molecule has 1 N–H and O–H groups in total. The number of rotatable bonds is 8. The molecule has 4 nitrogen and oxygen atoms in total. The molecule has 0 bridgehead atoms. The molecule has 0 saturated heterocycles. The zero-order valence-corrected chi connectivity index (χ0v) is 15.8. The lowest BCUT2D eigenvalue weighted by atomic mass is 10.1. The van der Waals surface area contributed by atoms with E-state index in [-0.39, 0.29) is 5.91 Å². The fourth-order valence-corrected chi connectivity index (χ4v) is 3.33. The molecular weight excluding hydrogens is 346 g/mol. The Hall–Kier alpha value is -2.33. The minimum Gasteiger partial charge on any atom is -0.356 e. The first kappa shape index (κ1) is 18.5. The highest BCUT2D eigenvalue weighted by atomic mass is 35.5. The second kappa shape index (κ2) is 8.86. The fourth-order valence-electron chi connectivity index (χ4n) is 3.14. The van der Waals surface area contributed by atoms with E-state index in [1.807, 2.05) is 30.3 Å². The smallest absolute Gasteiger partial charge is 0.216 e. The van der Waals surface area contributed by atoms with Crippen LogP contribution in [0.4, 0.5) is 0 Å². The molecule has 0 radical (unpaired) electrons. The highest BCUT2D eigenvalue weighted by Gasteiger charge is 2.12. The molecule has 0 unspecified atom stereocenters. The summed E-state index contributed by atoms with van der Waals surface area (Å²) in [6.45, 7) is 3.02. The van der Waals surface area contributed by atoms with Crippen LogP contribution >= 0.6 is 11.6 Å². The number of amides is 1. The maximum absolute atomic E-state index is 10.9. The van der Waals surface area contributed by atoms with Crippen LogP contribution in [0.2, 0.25) is 5.02 Å². The molecule has 0 fully saturated rings. The van der Waals surface area contributed by atoms with E-state index < -0.39 is 0 Å². The number of carbonyl (C=O) groups is 1. The van der Waals surface area contributed by atoms with Crippen LogP contribution in [0, 0.1) is 0 Å². The third-order valence-electron chi connectivity index (χ3n) is 4.47. The molecule has 1 aromatic heterocycles. The van der Waals surface area contributed by atoms with E-state index >= 15 is 0 Å². The van der Waals surface area contributed by atoms with Gasteiger partial charge in [-0.05, 0) is 36.6 Å². The summed E-state index contributed by atoms with van der Waals surface area (Å²) in [5.41, 5.74) is 3.26. The molecule has 0 saturated carbocycles. The molecule has 3 aromatic rings. The molecule has 1 heterocycles. The van der Waals surface area contributed by atoms with E-state index in [4.69, 9.17) is 16.6 Å². The fraction of sp³-hybridized carbons (Fsp3) is 0.333. The molecule has 0 aliphatic rings. The second-order valence-corrected chi connectivity index (χ2v) is 6.90. The van der Waals surface area contributed by atoms with Crippen molar-refractivity contribution in [3.8, 4) is 0 Å². The number of halogens is 1. The summed E-state index contributed by atoms with van der Waals surface area (Å²) >= 11 is 6.36. The van der Waals surface area contributed by atoms with E-state index in [0.29, 0.717) is 0 Å². The van der Waals surface area contributed by atoms with E-state index in [2.05, 4.69) is 28.1 Å². The number of para-hydroxylation sites is 2. The second-order valence-electron chi connectivity index (χ2n) is 6.49. The van der Waals surface area contributed by atoms with Gasteiger partial charge in [0.1, 0.15) is 5.82 Å². The monoisotopic (exact) mass is 369 g/mol. The number of aromatic nitrogens is 2. The van der Waals surface area contributed by atoms with Crippen LogP contribution in [0.25, 0.3) is 11.0 Å². The van der Waals surface area contributed by atoms with Crippen LogP contribution < -0.4 is 5.32 Å². The molecule has 0 aliphatic heterocycles. The number of hydrogen-bond donors (Lipinski definition) is 1. The number of hydrogen-bond acceptors (Lipinski definition) is 2. The number of carbonyl (C=O) groups excluding carboxylic acids is 1. The SMILES string of the molecule is CC(=O)NCCCCCc1nc2ccccc2n1Cc1ccccc1Cl. The maximum atomic E-state index is 10.9. The number of nitrogens with zero attached hydrogens (tertiary/aromatic N) is 2. The summed E-state index contributed by atoms with van der Waals surface area (Å²) in [7, 11) is 0. The molecule has 2 aromatic carbocycles. The lowest BCUT2D eigenvalue weighted by Gasteiger charge is -2.11. The van der Waals surface area contributed by atoms with Gasteiger partial charge in [0.2, 0.25) is 5.91 Å². The Morgan fingerprint density at radius 2 is 1.85 bits per heavy atom. The van der Waals surface area contributed by atoms with Gasteiger partial charge in [0.05, 0.1) is 17.6 Å². The van der Waals surface area contributed by atoms with Crippen LogP contribution in [-0.4, -0.2) is 22.0 Å². The number of benzene rings is 2. The summed E-state index contributed by atoms with van der Waals surface area (Å²) in [4.78, 5) is 15.7. The minimum absolute atomic E-state index is 0.0338. The van der Waals surface area contributed by atoms with Crippen molar-refractivity contribution in [1.82, 2.24) is 14.9 Å². The molecule has 26 heavy (non-hydrogen) atoms. The third kappa shape index (κ3) is 4.64. The number of nitrogens with one attached hydrogen (secondary N) is 1. The highest BCUT2D eigenvalue weighted by Crippen LogP contribution is 2.22. The van der Waals surface area contributed by atoms with Crippen molar-refractivity contribution in [1.29, 1.82) is 0 Å². The number of fused-ring (bicyclic) bond motifs is 1.